The Kier molecular flexibility index (Phi) is 3.23. The highest BCUT2D eigenvalue weighted by Crippen LogP contribution is 2.13. The SMILES string of the molecule is Cc1[nH]ncc1C(=O)Nc1ccc(-n2ccnc2C)nc1. The van der Waals surface area contributed by atoms with Gasteiger partial charge in [0.2, 0.25) is 0 Å². The summed E-state index contributed by atoms with van der Waals surface area (Å²) in [6.45, 7) is 3.70. The number of nitrogens with zero attached hydrogens (tertiary/aromatic N) is 4. The van der Waals surface area contributed by atoms with Crippen molar-refractivity contribution in [1.82, 2.24) is 24.7 Å². The lowest BCUT2D eigenvalue weighted by Gasteiger charge is -2.07. The van der Waals surface area contributed by atoms with Crippen molar-refractivity contribution in [2.45, 2.75) is 13.8 Å². The minimum absolute atomic E-state index is 0.213. The van der Waals surface area contributed by atoms with Crippen molar-refractivity contribution in [3.05, 3.63) is 54.0 Å². The molecule has 21 heavy (non-hydrogen) atoms. The summed E-state index contributed by atoms with van der Waals surface area (Å²) in [6, 6.07) is 3.63. The summed E-state index contributed by atoms with van der Waals surface area (Å²) in [7, 11) is 0. The van der Waals surface area contributed by atoms with Gasteiger partial charge in [-0.2, -0.15) is 5.10 Å². The summed E-state index contributed by atoms with van der Waals surface area (Å²) >= 11 is 0. The molecule has 2 N–H and O–H groups in total. The number of H-pyrrole nitrogens is 1. The Bertz CT molecular complexity index is 771. The third-order valence-electron chi connectivity index (χ3n) is 3.15. The molecule has 106 valence electrons. The van der Waals surface area contributed by atoms with Gasteiger partial charge in [-0.3, -0.25) is 14.5 Å². The minimum Gasteiger partial charge on any atom is -0.320 e. The number of pyridine rings is 1. The molecule has 3 aromatic rings. The first kappa shape index (κ1) is 13.0. The van der Waals surface area contributed by atoms with Crippen LogP contribution in [0.5, 0.6) is 0 Å². The van der Waals surface area contributed by atoms with E-state index < -0.39 is 0 Å². The molecule has 0 aliphatic rings. The molecule has 0 saturated heterocycles. The molecule has 0 saturated carbocycles. The standard InChI is InChI=1S/C14H14N6O/c1-9-12(8-17-19-9)14(21)18-11-3-4-13(16-7-11)20-6-5-15-10(20)2/h3-8H,1-2H3,(H,17,19)(H,18,21). The second kappa shape index (κ2) is 5.20. The van der Waals surface area contributed by atoms with Crippen molar-refractivity contribution in [3.63, 3.8) is 0 Å². The average Bonchev–Trinajstić information content (AvgIpc) is 3.08. The number of anilines is 1. The van der Waals surface area contributed by atoms with E-state index in [1.165, 1.54) is 6.20 Å². The van der Waals surface area contributed by atoms with Gasteiger partial charge in [-0.15, -0.1) is 0 Å². The number of nitrogens with one attached hydrogen (secondary N) is 2. The Labute approximate surface area is 121 Å². The first-order valence-corrected chi connectivity index (χ1v) is 6.43. The Morgan fingerprint density at radius 1 is 1.24 bits per heavy atom. The van der Waals surface area contributed by atoms with Crippen LogP contribution in [-0.4, -0.2) is 30.6 Å². The number of amides is 1. The number of aromatic nitrogens is 5. The number of aryl methyl sites for hydroxylation is 2. The molecule has 7 heteroatoms. The summed E-state index contributed by atoms with van der Waals surface area (Å²) in [5.74, 6) is 1.39. The maximum Gasteiger partial charge on any atom is 0.259 e. The van der Waals surface area contributed by atoms with Crippen LogP contribution in [-0.2, 0) is 0 Å². The molecular formula is C14H14N6O. The van der Waals surface area contributed by atoms with Crippen LogP contribution in [0, 0.1) is 13.8 Å². The van der Waals surface area contributed by atoms with E-state index in [1.54, 1.807) is 25.4 Å². The summed E-state index contributed by atoms with van der Waals surface area (Å²) in [5, 5.41) is 9.35. The molecule has 0 aliphatic heterocycles. The smallest absolute Gasteiger partial charge is 0.259 e. The molecule has 0 unspecified atom stereocenters. The van der Waals surface area contributed by atoms with Crippen LogP contribution in [0.3, 0.4) is 0 Å². The van der Waals surface area contributed by atoms with E-state index in [0.29, 0.717) is 11.3 Å². The zero-order valence-corrected chi connectivity index (χ0v) is 11.7. The number of hydrogen-bond acceptors (Lipinski definition) is 4. The number of imidazole rings is 1. The molecule has 3 rings (SSSR count). The number of carbonyl (C=O) groups is 1. The first-order chi connectivity index (χ1) is 10.1. The molecule has 0 aliphatic carbocycles. The van der Waals surface area contributed by atoms with Gasteiger partial charge in [-0.05, 0) is 26.0 Å². The van der Waals surface area contributed by atoms with Crippen LogP contribution in [0.15, 0.2) is 36.9 Å². The van der Waals surface area contributed by atoms with Gasteiger partial charge in [-0.1, -0.05) is 0 Å². The van der Waals surface area contributed by atoms with Crippen molar-refractivity contribution >= 4 is 11.6 Å². The highest BCUT2D eigenvalue weighted by Gasteiger charge is 2.11. The van der Waals surface area contributed by atoms with Gasteiger partial charge in [0, 0.05) is 18.1 Å². The van der Waals surface area contributed by atoms with Crippen molar-refractivity contribution in [3.8, 4) is 5.82 Å². The van der Waals surface area contributed by atoms with E-state index in [2.05, 4.69) is 25.5 Å². The van der Waals surface area contributed by atoms with Gasteiger partial charge in [0.15, 0.2) is 0 Å². The van der Waals surface area contributed by atoms with Crippen LogP contribution in [0.25, 0.3) is 5.82 Å². The summed E-state index contributed by atoms with van der Waals surface area (Å²) in [6.07, 6.45) is 6.67. The third kappa shape index (κ3) is 2.53. The molecule has 0 bridgehead atoms. The number of rotatable bonds is 3. The first-order valence-electron chi connectivity index (χ1n) is 6.43. The fourth-order valence-corrected chi connectivity index (χ4v) is 2.00. The lowest BCUT2D eigenvalue weighted by Crippen LogP contribution is -2.12. The second-order valence-corrected chi connectivity index (χ2v) is 4.61. The Balaban J connectivity index is 1.78. The molecular weight excluding hydrogens is 268 g/mol. The van der Waals surface area contributed by atoms with Crippen molar-refractivity contribution < 1.29 is 4.79 Å². The Morgan fingerprint density at radius 2 is 2.10 bits per heavy atom. The summed E-state index contributed by atoms with van der Waals surface area (Å²) < 4.78 is 1.87. The molecule has 0 radical (unpaired) electrons. The van der Waals surface area contributed by atoms with Crippen LogP contribution in [0.1, 0.15) is 21.9 Å². The Hall–Kier alpha value is -2.96. The Morgan fingerprint density at radius 3 is 2.67 bits per heavy atom. The van der Waals surface area contributed by atoms with E-state index in [1.807, 2.05) is 23.8 Å². The van der Waals surface area contributed by atoms with Crippen molar-refractivity contribution in [1.29, 1.82) is 0 Å². The third-order valence-corrected chi connectivity index (χ3v) is 3.15. The topological polar surface area (TPSA) is 88.5 Å². The fraction of sp³-hybridized carbons (Fsp3) is 0.143. The van der Waals surface area contributed by atoms with E-state index in [0.717, 1.165) is 17.3 Å². The monoisotopic (exact) mass is 282 g/mol. The highest BCUT2D eigenvalue weighted by molar-refractivity contribution is 6.04. The van der Waals surface area contributed by atoms with Crippen molar-refractivity contribution in [2.24, 2.45) is 0 Å². The largest absolute Gasteiger partial charge is 0.320 e. The lowest BCUT2D eigenvalue weighted by atomic mass is 10.2. The molecule has 0 spiro atoms. The van der Waals surface area contributed by atoms with E-state index in [9.17, 15) is 4.79 Å². The van der Waals surface area contributed by atoms with Gasteiger partial charge in [0.05, 0.1) is 23.6 Å². The van der Waals surface area contributed by atoms with Gasteiger partial charge in [0.25, 0.3) is 5.91 Å². The van der Waals surface area contributed by atoms with Crippen LogP contribution in [0.4, 0.5) is 5.69 Å². The quantitative estimate of drug-likeness (QED) is 0.767. The molecule has 3 aromatic heterocycles. The van der Waals surface area contributed by atoms with E-state index >= 15 is 0 Å². The second-order valence-electron chi connectivity index (χ2n) is 4.61. The molecule has 0 aromatic carbocycles. The molecule has 7 nitrogen and oxygen atoms in total. The minimum atomic E-state index is -0.213. The van der Waals surface area contributed by atoms with Gasteiger partial charge >= 0.3 is 0 Å². The number of hydrogen-bond donors (Lipinski definition) is 2. The highest BCUT2D eigenvalue weighted by atomic mass is 16.1. The fourth-order valence-electron chi connectivity index (χ4n) is 2.00. The van der Waals surface area contributed by atoms with Crippen LogP contribution >= 0.6 is 0 Å². The normalized spacial score (nSPS) is 10.6. The number of aromatic amines is 1. The maximum atomic E-state index is 12.0. The van der Waals surface area contributed by atoms with E-state index in [-0.39, 0.29) is 5.91 Å². The summed E-state index contributed by atoms with van der Waals surface area (Å²) in [4.78, 5) is 20.5. The van der Waals surface area contributed by atoms with Crippen molar-refractivity contribution in [2.75, 3.05) is 5.32 Å². The molecule has 0 fully saturated rings. The van der Waals surface area contributed by atoms with Gasteiger partial charge in [0.1, 0.15) is 11.6 Å². The van der Waals surface area contributed by atoms with Crippen LogP contribution < -0.4 is 5.32 Å². The van der Waals surface area contributed by atoms with Gasteiger partial charge in [-0.25, -0.2) is 9.97 Å². The predicted octanol–water partition coefficient (Wildman–Crippen LogP) is 1.86. The average molecular weight is 282 g/mol. The van der Waals surface area contributed by atoms with Gasteiger partial charge < -0.3 is 5.32 Å². The molecule has 1 amide bonds. The predicted molar refractivity (Wildman–Crippen MR) is 77.4 cm³/mol. The number of carbonyl (C=O) groups excluding carboxylic acids is 1. The summed E-state index contributed by atoms with van der Waals surface area (Å²) in [5.41, 5.74) is 1.87. The zero-order valence-electron chi connectivity index (χ0n) is 11.7. The van der Waals surface area contributed by atoms with E-state index in [4.69, 9.17) is 0 Å². The molecule has 3 heterocycles. The lowest BCUT2D eigenvalue weighted by molar-refractivity contribution is 0.102. The maximum absolute atomic E-state index is 12.0. The zero-order chi connectivity index (χ0) is 14.8. The van der Waals surface area contributed by atoms with Crippen LogP contribution in [0.2, 0.25) is 0 Å². The molecule has 0 atom stereocenters.